The van der Waals surface area contributed by atoms with Gasteiger partial charge in [-0.1, -0.05) is 6.07 Å². The van der Waals surface area contributed by atoms with Crippen molar-refractivity contribution in [2.45, 2.75) is 0 Å². The Morgan fingerprint density at radius 2 is 1.78 bits per heavy atom. The third-order valence-corrected chi connectivity index (χ3v) is 6.00. The minimum absolute atomic E-state index is 0.602. The van der Waals surface area contributed by atoms with Gasteiger partial charge in [-0.25, -0.2) is 9.97 Å². The van der Waals surface area contributed by atoms with Crippen molar-refractivity contribution in [2.75, 3.05) is 36.0 Å². The van der Waals surface area contributed by atoms with Gasteiger partial charge in [0.05, 0.1) is 28.2 Å². The van der Waals surface area contributed by atoms with Crippen LogP contribution in [0.1, 0.15) is 5.56 Å². The molecule has 1 aliphatic heterocycles. The van der Waals surface area contributed by atoms with Gasteiger partial charge in [0, 0.05) is 43.4 Å². The average molecular weight is 420 g/mol. The molecule has 5 aromatic rings. The second-order valence-electron chi connectivity index (χ2n) is 7.89. The van der Waals surface area contributed by atoms with E-state index in [1.54, 1.807) is 12.1 Å². The number of H-pyrrole nitrogens is 2. The summed E-state index contributed by atoms with van der Waals surface area (Å²) in [7, 11) is 0. The number of nitrogens with one attached hydrogen (secondary N) is 2. The molecule has 0 radical (unpaired) electrons. The quantitative estimate of drug-likeness (QED) is 0.462. The minimum atomic E-state index is 0.602. The number of anilines is 2. The van der Waals surface area contributed by atoms with Crippen LogP contribution >= 0.6 is 0 Å². The maximum Gasteiger partial charge on any atom is 0.159 e. The summed E-state index contributed by atoms with van der Waals surface area (Å²) >= 11 is 0. The molecule has 1 aliphatic rings. The molecule has 156 valence electrons. The van der Waals surface area contributed by atoms with E-state index in [-0.39, 0.29) is 0 Å². The predicted octanol–water partition coefficient (Wildman–Crippen LogP) is 3.70. The largest absolute Gasteiger partial charge is 0.368 e. The predicted molar refractivity (Wildman–Crippen MR) is 125 cm³/mol. The number of hydrogen-bond acceptors (Lipinski definition) is 6. The summed E-state index contributed by atoms with van der Waals surface area (Å²) < 4.78 is 0. The summed E-state index contributed by atoms with van der Waals surface area (Å²) in [6, 6.07) is 20.1. The van der Waals surface area contributed by atoms with Crippen LogP contribution in [0.4, 0.5) is 11.5 Å². The van der Waals surface area contributed by atoms with Crippen LogP contribution in [0.15, 0.2) is 60.8 Å². The molecule has 1 fully saturated rings. The molecule has 0 amide bonds. The van der Waals surface area contributed by atoms with Crippen LogP contribution in [-0.2, 0) is 0 Å². The zero-order valence-corrected chi connectivity index (χ0v) is 17.3. The number of nitrogens with zero attached hydrogens (tertiary/aromatic N) is 6. The smallest absolute Gasteiger partial charge is 0.159 e. The van der Waals surface area contributed by atoms with Crippen LogP contribution < -0.4 is 9.80 Å². The third-order valence-electron chi connectivity index (χ3n) is 6.00. The summed E-state index contributed by atoms with van der Waals surface area (Å²) in [5, 5.41) is 17.5. The number of piperazine rings is 1. The van der Waals surface area contributed by atoms with Gasteiger partial charge in [-0.05, 0) is 48.5 Å². The number of aromatic nitrogens is 5. The van der Waals surface area contributed by atoms with Crippen LogP contribution in [0.2, 0.25) is 0 Å². The van der Waals surface area contributed by atoms with Gasteiger partial charge in [0.25, 0.3) is 0 Å². The summed E-state index contributed by atoms with van der Waals surface area (Å²) in [6.07, 6.45) is 1.84. The zero-order chi connectivity index (χ0) is 21.5. The Morgan fingerprint density at radius 3 is 2.59 bits per heavy atom. The molecular weight excluding hydrogens is 400 g/mol. The first kappa shape index (κ1) is 18.4. The normalized spacial score (nSPS) is 14.2. The zero-order valence-electron chi connectivity index (χ0n) is 17.3. The molecule has 8 nitrogen and oxygen atoms in total. The van der Waals surface area contributed by atoms with Gasteiger partial charge in [0.2, 0.25) is 0 Å². The fourth-order valence-corrected chi connectivity index (χ4v) is 4.31. The number of rotatable bonds is 3. The van der Waals surface area contributed by atoms with Gasteiger partial charge < -0.3 is 14.8 Å². The van der Waals surface area contributed by atoms with Crippen molar-refractivity contribution in [3.05, 3.63) is 66.4 Å². The summed E-state index contributed by atoms with van der Waals surface area (Å²) in [6.45, 7) is 3.75. The van der Waals surface area contributed by atoms with Crippen LogP contribution in [0.5, 0.6) is 0 Å². The molecule has 1 saturated heterocycles. The number of imidazole rings is 1. The molecule has 4 heterocycles. The fourth-order valence-electron chi connectivity index (χ4n) is 4.31. The van der Waals surface area contributed by atoms with E-state index in [0.29, 0.717) is 11.4 Å². The highest BCUT2D eigenvalue weighted by molar-refractivity contribution is 5.94. The fraction of sp³-hybridized carbons (Fsp3) is 0.167. The Bertz CT molecular complexity index is 1450. The Balaban J connectivity index is 1.26. The van der Waals surface area contributed by atoms with E-state index in [0.717, 1.165) is 59.6 Å². The Kier molecular flexibility index (Phi) is 4.25. The van der Waals surface area contributed by atoms with Crippen LogP contribution in [0.3, 0.4) is 0 Å². The van der Waals surface area contributed by atoms with Crippen molar-refractivity contribution in [3.8, 4) is 17.6 Å². The maximum atomic E-state index is 9.11. The van der Waals surface area contributed by atoms with Crippen LogP contribution in [0, 0.1) is 11.3 Å². The molecule has 32 heavy (non-hydrogen) atoms. The van der Waals surface area contributed by atoms with E-state index < -0.39 is 0 Å². The molecule has 3 aromatic heterocycles. The minimum Gasteiger partial charge on any atom is -0.368 e. The second kappa shape index (κ2) is 7.39. The second-order valence-corrected chi connectivity index (χ2v) is 7.89. The lowest BCUT2D eigenvalue weighted by Crippen LogP contribution is -2.46. The van der Waals surface area contributed by atoms with Crippen molar-refractivity contribution < 1.29 is 0 Å². The SMILES string of the molecule is N#Cc1ccc2c(-c3nc4ccc(N5CCN(c6ccccn6)CC5)cc4[nH]3)n[nH]c2c1. The summed E-state index contributed by atoms with van der Waals surface area (Å²) in [5.41, 5.74) is 5.25. The monoisotopic (exact) mass is 420 g/mol. The molecule has 6 rings (SSSR count). The maximum absolute atomic E-state index is 9.11. The lowest BCUT2D eigenvalue weighted by atomic mass is 10.1. The van der Waals surface area contributed by atoms with Crippen LogP contribution in [0.25, 0.3) is 33.5 Å². The first-order valence-corrected chi connectivity index (χ1v) is 10.6. The van der Waals surface area contributed by atoms with Gasteiger partial charge >= 0.3 is 0 Å². The van der Waals surface area contributed by atoms with E-state index in [2.05, 4.69) is 60.3 Å². The van der Waals surface area contributed by atoms with Crippen molar-refractivity contribution in [3.63, 3.8) is 0 Å². The molecule has 0 saturated carbocycles. The third kappa shape index (κ3) is 3.11. The lowest BCUT2D eigenvalue weighted by Gasteiger charge is -2.36. The summed E-state index contributed by atoms with van der Waals surface area (Å²) in [4.78, 5) is 17.4. The topological polar surface area (TPSA) is 101 Å². The van der Waals surface area contributed by atoms with Gasteiger partial charge in [0.15, 0.2) is 5.82 Å². The Labute approximate surface area is 184 Å². The standard InChI is InChI=1S/C24H20N8/c25-15-16-4-6-18-20(13-16)29-30-23(18)24-27-19-7-5-17(14-21(19)28-24)31-9-11-32(12-10-31)22-3-1-2-8-26-22/h1-8,13-14H,9-12H2,(H,27,28)(H,29,30). The van der Waals surface area contributed by atoms with Crippen molar-refractivity contribution in [1.29, 1.82) is 5.26 Å². The van der Waals surface area contributed by atoms with Crippen molar-refractivity contribution in [2.24, 2.45) is 0 Å². The van der Waals surface area contributed by atoms with Gasteiger partial charge in [-0.15, -0.1) is 0 Å². The molecule has 0 bridgehead atoms. The molecule has 2 aromatic carbocycles. The molecule has 0 aliphatic carbocycles. The highest BCUT2D eigenvalue weighted by atomic mass is 15.3. The van der Waals surface area contributed by atoms with E-state index in [1.165, 1.54) is 5.69 Å². The Hall–Kier alpha value is -4.38. The molecule has 0 spiro atoms. The number of aromatic amines is 2. The number of fused-ring (bicyclic) bond motifs is 2. The lowest BCUT2D eigenvalue weighted by molar-refractivity contribution is 0.648. The molecule has 8 heteroatoms. The van der Waals surface area contributed by atoms with Crippen LogP contribution in [-0.4, -0.2) is 51.3 Å². The van der Waals surface area contributed by atoms with Gasteiger partial charge in [-0.2, -0.15) is 10.4 Å². The first-order chi connectivity index (χ1) is 15.8. The van der Waals surface area contributed by atoms with E-state index >= 15 is 0 Å². The van der Waals surface area contributed by atoms with Crippen molar-refractivity contribution >= 4 is 33.4 Å². The number of hydrogen-bond donors (Lipinski definition) is 2. The number of pyridine rings is 1. The number of nitriles is 1. The van der Waals surface area contributed by atoms with E-state index in [1.807, 2.05) is 24.4 Å². The Morgan fingerprint density at radius 1 is 0.906 bits per heavy atom. The molecule has 0 atom stereocenters. The molecule has 0 unspecified atom stereocenters. The highest BCUT2D eigenvalue weighted by Gasteiger charge is 2.19. The summed E-state index contributed by atoms with van der Waals surface area (Å²) in [5.74, 6) is 1.75. The van der Waals surface area contributed by atoms with Gasteiger partial charge in [0.1, 0.15) is 11.5 Å². The highest BCUT2D eigenvalue weighted by Crippen LogP contribution is 2.29. The first-order valence-electron chi connectivity index (χ1n) is 10.6. The van der Waals surface area contributed by atoms with Gasteiger partial charge in [-0.3, -0.25) is 5.10 Å². The number of benzene rings is 2. The van der Waals surface area contributed by atoms with Crippen molar-refractivity contribution in [1.82, 2.24) is 25.1 Å². The van der Waals surface area contributed by atoms with E-state index in [4.69, 9.17) is 10.2 Å². The van der Waals surface area contributed by atoms with E-state index in [9.17, 15) is 0 Å². The molecule has 2 N–H and O–H groups in total. The average Bonchev–Trinajstić information content (AvgIpc) is 3.47. The molecular formula is C24H20N8.